The summed E-state index contributed by atoms with van der Waals surface area (Å²) in [6.07, 6.45) is 1.76. The maximum atomic E-state index is 13.2. The summed E-state index contributed by atoms with van der Waals surface area (Å²) >= 11 is 7.44. The molecule has 0 spiro atoms. The van der Waals surface area contributed by atoms with Crippen LogP contribution < -0.4 is 5.32 Å². The lowest BCUT2D eigenvalue weighted by Crippen LogP contribution is -2.32. The summed E-state index contributed by atoms with van der Waals surface area (Å²) in [6, 6.07) is 14.6. The Kier molecular flexibility index (Phi) is 7.35. The Hall–Kier alpha value is -2.84. The molecule has 0 bridgehead atoms. The van der Waals surface area contributed by atoms with Gasteiger partial charge in [0.2, 0.25) is 5.91 Å². The quantitative estimate of drug-likeness (QED) is 0.480. The van der Waals surface area contributed by atoms with Crippen LogP contribution in [0.3, 0.4) is 0 Å². The number of hydrogen-bond acceptors (Lipinski definition) is 5. The van der Waals surface area contributed by atoms with Crippen molar-refractivity contribution in [2.75, 3.05) is 17.6 Å². The van der Waals surface area contributed by atoms with Gasteiger partial charge in [0, 0.05) is 18.7 Å². The molecule has 1 aliphatic rings. The van der Waals surface area contributed by atoms with Gasteiger partial charge in [-0.05, 0) is 51.0 Å². The van der Waals surface area contributed by atoms with Crippen molar-refractivity contribution in [3.05, 3.63) is 70.5 Å². The minimum absolute atomic E-state index is 0.0106. The second kappa shape index (κ2) is 10.4. The zero-order valence-corrected chi connectivity index (χ0v) is 20.2. The molecule has 172 valence electrons. The first kappa shape index (κ1) is 23.3. The number of carbonyl (C=O) groups excluding carboxylic acids is 2. The van der Waals surface area contributed by atoms with E-state index in [1.54, 1.807) is 12.1 Å². The number of aromatic nitrogens is 3. The van der Waals surface area contributed by atoms with Gasteiger partial charge in [-0.3, -0.25) is 9.59 Å². The Bertz CT molecular complexity index is 1150. The summed E-state index contributed by atoms with van der Waals surface area (Å²) < 4.78 is 2.00. The van der Waals surface area contributed by atoms with Gasteiger partial charge < -0.3 is 14.8 Å². The molecule has 0 aliphatic carbocycles. The van der Waals surface area contributed by atoms with E-state index in [2.05, 4.69) is 15.5 Å². The maximum Gasteiger partial charge on any atom is 0.254 e. The second-order valence-electron chi connectivity index (χ2n) is 7.92. The van der Waals surface area contributed by atoms with Crippen LogP contribution in [0.15, 0.2) is 53.7 Å². The topological polar surface area (TPSA) is 80.1 Å². The number of thioether (sulfide) groups is 1. The lowest BCUT2D eigenvalue weighted by Gasteiger charge is -2.24. The highest BCUT2D eigenvalue weighted by Crippen LogP contribution is 2.34. The predicted molar refractivity (Wildman–Crippen MR) is 131 cm³/mol. The van der Waals surface area contributed by atoms with E-state index in [1.165, 1.54) is 11.8 Å². The number of nitrogens with zero attached hydrogens (tertiary/aromatic N) is 4. The van der Waals surface area contributed by atoms with Crippen molar-refractivity contribution >= 4 is 40.9 Å². The monoisotopic (exact) mass is 483 g/mol. The van der Waals surface area contributed by atoms with E-state index in [9.17, 15) is 9.59 Å². The van der Waals surface area contributed by atoms with Crippen LogP contribution in [-0.4, -0.2) is 43.8 Å². The number of anilines is 1. The van der Waals surface area contributed by atoms with E-state index < -0.39 is 0 Å². The fraction of sp³-hybridized carbons (Fsp3) is 0.333. The molecular weight excluding hydrogens is 458 g/mol. The van der Waals surface area contributed by atoms with Gasteiger partial charge in [0.15, 0.2) is 11.0 Å². The second-order valence-corrected chi connectivity index (χ2v) is 9.27. The molecule has 33 heavy (non-hydrogen) atoms. The third kappa shape index (κ3) is 5.23. The molecule has 1 unspecified atom stereocenters. The van der Waals surface area contributed by atoms with Gasteiger partial charge >= 0.3 is 0 Å². The molecule has 1 aromatic heterocycles. The summed E-state index contributed by atoms with van der Waals surface area (Å²) in [5.74, 6) is 0.790. The number of benzene rings is 2. The molecule has 0 saturated carbocycles. The number of amides is 2. The van der Waals surface area contributed by atoms with Crippen LogP contribution in [0.25, 0.3) is 0 Å². The number of hydrogen-bond donors (Lipinski definition) is 1. The van der Waals surface area contributed by atoms with Crippen molar-refractivity contribution in [2.45, 2.75) is 44.4 Å². The molecule has 1 aliphatic heterocycles. The van der Waals surface area contributed by atoms with E-state index in [-0.39, 0.29) is 23.6 Å². The zero-order valence-electron chi connectivity index (χ0n) is 18.6. The molecule has 1 fully saturated rings. The van der Waals surface area contributed by atoms with Gasteiger partial charge in [0.05, 0.1) is 22.5 Å². The Balaban J connectivity index is 1.46. The molecule has 7 nitrogen and oxygen atoms in total. The Morgan fingerprint density at radius 3 is 2.64 bits per heavy atom. The lowest BCUT2D eigenvalue weighted by atomic mass is 10.1. The van der Waals surface area contributed by atoms with Gasteiger partial charge in [0.1, 0.15) is 0 Å². The number of halogens is 1. The third-order valence-electron chi connectivity index (χ3n) is 5.65. The number of rotatable bonds is 7. The fourth-order valence-electron chi connectivity index (χ4n) is 3.97. The highest BCUT2D eigenvalue weighted by Gasteiger charge is 2.34. The normalized spacial score (nSPS) is 15.6. The Labute approximate surface area is 202 Å². The van der Waals surface area contributed by atoms with Crippen molar-refractivity contribution in [3.8, 4) is 0 Å². The van der Waals surface area contributed by atoms with Crippen molar-refractivity contribution in [1.82, 2.24) is 19.7 Å². The minimum Gasteiger partial charge on any atom is -0.328 e. The van der Waals surface area contributed by atoms with Crippen LogP contribution in [0.1, 0.15) is 47.6 Å². The molecule has 2 amide bonds. The fourth-order valence-corrected chi connectivity index (χ4v) is 4.96. The molecule has 2 aromatic carbocycles. The van der Waals surface area contributed by atoms with Crippen molar-refractivity contribution in [1.29, 1.82) is 0 Å². The average Bonchev–Trinajstić information content (AvgIpc) is 3.45. The maximum absolute atomic E-state index is 13.2. The van der Waals surface area contributed by atoms with Crippen LogP contribution in [0.4, 0.5) is 5.69 Å². The SMILES string of the molecule is CCn1c(SCC(=O)Nc2ccccc2Cl)nnc1C1CCCN1C(=O)c1ccc(C)cc1. The van der Waals surface area contributed by atoms with Gasteiger partial charge in [0.25, 0.3) is 5.91 Å². The zero-order chi connectivity index (χ0) is 23.4. The molecule has 9 heteroatoms. The van der Waals surface area contributed by atoms with Gasteiger partial charge in [-0.2, -0.15) is 0 Å². The Morgan fingerprint density at radius 2 is 1.91 bits per heavy atom. The molecule has 1 atom stereocenters. The molecule has 3 aromatic rings. The molecule has 0 radical (unpaired) electrons. The van der Waals surface area contributed by atoms with Gasteiger partial charge in [-0.25, -0.2) is 0 Å². The first-order valence-electron chi connectivity index (χ1n) is 11.0. The number of carbonyl (C=O) groups is 2. The van der Waals surface area contributed by atoms with Gasteiger partial charge in [-0.1, -0.05) is 53.2 Å². The number of para-hydroxylation sites is 1. The molecule has 4 rings (SSSR count). The van der Waals surface area contributed by atoms with Crippen LogP contribution in [0.5, 0.6) is 0 Å². The first-order chi connectivity index (χ1) is 16.0. The molecule has 1 saturated heterocycles. The van der Waals surface area contributed by atoms with Crippen LogP contribution in [-0.2, 0) is 11.3 Å². The minimum atomic E-state index is -0.169. The van der Waals surface area contributed by atoms with E-state index in [0.29, 0.717) is 34.5 Å². The number of nitrogens with one attached hydrogen (secondary N) is 1. The van der Waals surface area contributed by atoms with E-state index >= 15 is 0 Å². The summed E-state index contributed by atoms with van der Waals surface area (Å²) in [6.45, 7) is 5.36. The van der Waals surface area contributed by atoms with E-state index in [1.807, 2.05) is 59.7 Å². The largest absolute Gasteiger partial charge is 0.328 e. The smallest absolute Gasteiger partial charge is 0.254 e. The van der Waals surface area contributed by atoms with Crippen LogP contribution in [0, 0.1) is 6.92 Å². The predicted octanol–water partition coefficient (Wildman–Crippen LogP) is 4.97. The third-order valence-corrected chi connectivity index (χ3v) is 6.95. The standard InChI is InChI=1S/C24H26ClN5O2S/c1-3-29-22(20-9-6-14-30(20)23(32)17-12-10-16(2)11-13-17)27-28-24(29)33-15-21(31)26-19-8-5-4-7-18(19)25/h4-5,7-8,10-13,20H,3,6,9,14-15H2,1-2H3,(H,26,31). The summed E-state index contributed by atoms with van der Waals surface area (Å²) in [5, 5.41) is 12.7. The first-order valence-corrected chi connectivity index (χ1v) is 12.3. The average molecular weight is 484 g/mol. The van der Waals surface area contributed by atoms with Crippen molar-refractivity contribution < 1.29 is 9.59 Å². The van der Waals surface area contributed by atoms with Crippen LogP contribution >= 0.6 is 23.4 Å². The molecule has 2 heterocycles. The lowest BCUT2D eigenvalue weighted by molar-refractivity contribution is -0.113. The summed E-state index contributed by atoms with van der Waals surface area (Å²) in [7, 11) is 0. The van der Waals surface area contributed by atoms with E-state index in [0.717, 1.165) is 24.2 Å². The van der Waals surface area contributed by atoms with E-state index in [4.69, 9.17) is 11.6 Å². The highest BCUT2D eigenvalue weighted by atomic mass is 35.5. The van der Waals surface area contributed by atoms with Gasteiger partial charge in [-0.15, -0.1) is 10.2 Å². The summed E-state index contributed by atoms with van der Waals surface area (Å²) in [5.41, 5.74) is 2.38. The van der Waals surface area contributed by atoms with Crippen molar-refractivity contribution in [3.63, 3.8) is 0 Å². The number of likely N-dealkylation sites (tertiary alicyclic amines) is 1. The highest BCUT2D eigenvalue weighted by molar-refractivity contribution is 7.99. The summed E-state index contributed by atoms with van der Waals surface area (Å²) in [4.78, 5) is 27.5. The Morgan fingerprint density at radius 1 is 1.15 bits per heavy atom. The molecule has 1 N–H and O–H groups in total. The molecular formula is C24H26ClN5O2S. The van der Waals surface area contributed by atoms with Crippen molar-refractivity contribution in [2.24, 2.45) is 0 Å². The number of aryl methyl sites for hydroxylation is 1. The van der Waals surface area contributed by atoms with Crippen LogP contribution in [0.2, 0.25) is 5.02 Å².